The predicted molar refractivity (Wildman–Crippen MR) is 164 cm³/mol. The highest BCUT2D eigenvalue weighted by Crippen LogP contribution is 2.60. The number of carbonyl (C=O) groups is 2. The lowest BCUT2D eigenvalue weighted by molar-refractivity contribution is -0.145. The summed E-state index contributed by atoms with van der Waals surface area (Å²) in [6.45, 7) is 5.71. The third-order valence-electron chi connectivity index (χ3n) is 9.49. The van der Waals surface area contributed by atoms with Crippen LogP contribution in [0, 0.1) is 5.92 Å². The highest BCUT2D eigenvalue weighted by Gasteiger charge is 2.66. The molecule has 1 N–H and O–H groups in total. The van der Waals surface area contributed by atoms with Crippen LogP contribution in [0.4, 0.5) is 21.2 Å². The van der Waals surface area contributed by atoms with Gasteiger partial charge in [-0.2, -0.15) is 0 Å². The number of fused-ring (bicyclic) bond motifs is 2. The van der Waals surface area contributed by atoms with Crippen molar-refractivity contribution in [1.29, 1.82) is 0 Å². The van der Waals surface area contributed by atoms with Crippen molar-refractivity contribution in [2.45, 2.75) is 56.7 Å². The Labute approximate surface area is 250 Å². The highest BCUT2D eigenvalue weighted by atomic mass is 28.4. The van der Waals surface area contributed by atoms with E-state index < -0.39 is 31.6 Å². The fourth-order valence-corrected chi connectivity index (χ4v) is 10.2. The number of halogens is 1. The number of aliphatic hydroxyl groups excluding tert-OH is 1. The molecule has 0 bridgehead atoms. The molecule has 0 aliphatic carbocycles. The van der Waals surface area contributed by atoms with Gasteiger partial charge in [0.2, 0.25) is 8.41 Å². The maximum Gasteiger partial charge on any atom is 0.264 e. The van der Waals surface area contributed by atoms with E-state index in [1.807, 2.05) is 61.5 Å². The number of rotatable bonds is 7. The van der Waals surface area contributed by atoms with Gasteiger partial charge >= 0.3 is 0 Å². The van der Waals surface area contributed by atoms with E-state index >= 15 is 4.11 Å². The fraction of sp³-hybridized carbons (Fsp3) is 0.375. The second-order valence-corrected chi connectivity index (χ2v) is 16.2. The van der Waals surface area contributed by atoms with Crippen LogP contribution < -0.4 is 9.80 Å². The van der Waals surface area contributed by atoms with Crippen molar-refractivity contribution in [2.24, 2.45) is 5.92 Å². The number of aryl methyl sites for hydroxylation is 1. The van der Waals surface area contributed by atoms with Crippen LogP contribution in [0.25, 0.3) is 10.8 Å². The molecule has 11 heteroatoms. The number of aromatic nitrogens is 3. The molecule has 2 amide bonds. The molecule has 43 heavy (non-hydrogen) atoms. The minimum atomic E-state index is -3.33. The number of anilines is 3. The minimum Gasteiger partial charge on any atom is -0.396 e. The lowest BCUT2D eigenvalue weighted by Gasteiger charge is -2.31. The van der Waals surface area contributed by atoms with Crippen molar-refractivity contribution in [3.63, 3.8) is 0 Å². The molecule has 4 heterocycles. The zero-order valence-electron chi connectivity index (χ0n) is 24.6. The summed E-state index contributed by atoms with van der Waals surface area (Å²) in [6, 6.07) is 17.2. The highest BCUT2D eigenvalue weighted by molar-refractivity contribution is 6.72. The Bertz CT molecular complexity index is 1780. The van der Waals surface area contributed by atoms with E-state index in [0.29, 0.717) is 47.6 Å². The van der Waals surface area contributed by atoms with Gasteiger partial charge in [-0.05, 0) is 55.2 Å². The Morgan fingerprint density at radius 2 is 1.86 bits per heavy atom. The number of hydrogen-bond donors (Lipinski definition) is 1. The average Bonchev–Trinajstić information content (AvgIpc) is 3.69. The van der Waals surface area contributed by atoms with Gasteiger partial charge in [0.25, 0.3) is 11.8 Å². The van der Waals surface area contributed by atoms with Crippen LogP contribution in [0.1, 0.15) is 35.0 Å². The molecule has 7 rings (SSSR count). The van der Waals surface area contributed by atoms with Gasteiger partial charge in [-0.25, -0.2) is 0 Å². The van der Waals surface area contributed by atoms with Gasteiger partial charge in [0.15, 0.2) is 5.60 Å². The summed E-state index contributed by atoms with van der Waals surface area (Å²) in [7, 11) is -1.60. The van der Waals surface area contributed by atoms with Gasteiger partial charge < -0.3 is 18.9 Å². The first kappa shape index (κ1) is 27.9. The van der Waals surface area contributed by atoms with E-state index in [9.17, 15) is 14.7 Å². The van der Waals surface area contributed by atoms with E-state index in [1.165, 1.54) is 0 Å². The van der Waals surface area contributed by atoms with E-state index in [1.54, 1.807) is 40.8 Å². The van der Waals surface area contributed by atoms with Crippen LogP contribution in [0.15, 0.2) is 60.8 Å². The van der Waals surface area contributed by atoms with E-state index in [4.69, 9.17) is 4.74 Å². The normalized spacial score (nSPS) is 24.7. The van der Waals surface area contributed by atoms with Crippen molar-refractivity contribution < 1.29 is 23.5 Å². The van der Waals surface area contributed by atoms with Crippen molar-refractivity contribution in [3.05, 3.63) is 77.6 Å². The molecule has 1 saturated heterocycles. The third kappa shape index (κ3) is 4.01. The topological polar surface area (TPSA) is 101 Å². The largest absolute Gasteiger partial charge is 0.396 e. The molecule has 4 aromatic rings. The molecule has 0 unspecified atom stereocenters. The number of aliphatic hydroxyl groups is 1. The molecule has 0 saturated carbocycles. The van der Waals surface area contributed by atoms with Crippen LogP contribution in [-0.2, 0) is 28.1 Å². The first-order chi connectivity index (χ1) is 20.6. The average molecular weight is 600 g/mol. The van der Waals surface area contributed by atoms with Crippen molar-refractivity contribution in [2.75, 3.05) is 23.5 Å². The van der Waals surface area contributed by atoms with Gasteiger partial charge in [-0.15, -0.1) is 5.10 Å². The maximum atomic E-state index is 16.1. The van der Waals surface area contributed by atoms with E-state index in [0.717, 1.165) is 16.5 Å². The van der Waals surface area contributed by atoms with Gasteiger partial charge in [-0.1, -0.05) is 36.4 Å². The number of hydrogen-bond acceptors (Lipinski definition) is 6. The summed E-state index contributed by atoms with van der Waals surface area (Å²) in [4.78, 5) is 31.2. The van der Waals surface area contributed by atoms with Gasteiger partial charge in [0.1, 0.15) is 0 Å². The number of likely N-dealkylation sites (N-methyl/N-ethyl adjacent to an activating group) is 1. The molecule has 1 fully saturated rings. The van der Waals surface area contributed by atoms with E-state index in [-0.39, 0.29) is 18.4 Å². The van der Waals surface area contributed by atoms with Crippen LogP contribution in [0.3, 0.4) is 0 Å². The summed E-state index contributed by atoms with van der Waals surface area (Å²) >= 11 is 0. The Balaban J connectivity index is 1.29. The van der Waals surface area contributed by atoms with Crippen LogP contribution >= 0.6 is 0 Å². The molecule has 222 valence electrons. The van der Waals surface area contributed by atoms with Crippen LogP contribution in [0.5, 0.6) is 0 Å². The predicted octanol–water partition coefficient (Wildman–Crippen LogP) is 5.10. The summed E-state index contributed by atoms with van der Waals surface area (Å²) in [6.07, 6.45) is 2.11. The second kappa shape index (κ2) is 9.80. The number of carbonyl (C=O) groups excluding carboxylic acids is 2. The number of amides is 2. The van der Waals surface area contributed by atoms with Gasteiger partial charge in [0.05, 0.1) is 28.7 Å². The SMILES string of the molecule is C[C@@H]1[C@@H]([Si](C)(C)F)[C@H](CCn2cc(CCO)nn2)O[C@@]12C(=O)N(C)c1ccc(N3C(=O)c4cccc5cccc3c45)cc12. The van der Waals surface area contributed by atoms with Gasteiger partial charge in [-0.3, -0.25) is 19.2 Å². The summed E-state index contributed by atoms with van der Waals surface area (Å²) in [5.74, 6) is -0.784. The molecule has 3 aromatic carbocycles. The van der Waals surface area contributed by atoms with Gasteiger partial charge in [0, 0.05) is 60.9 Å². The number of nitrogens with zero attached hydrogens (tertiary/aromatic N) is 5. The second-order valence-electron chi connectivity index (χ2n) is 12.4. The minimum absolute atomic E-state index is 0.0184. The molecule has 0 radical (unpaired) electrons. The monoisotopic (exact) mass is 599 g/mol. The molecule has 1 spiro atoms. The molecule has 3 aliphatic heterocycles. The Morgan fingerprint density at radius 3 is 2.60 bits per heavy atom. The Morgan fingerprint density at radius 1 is 1.09 bits per heavy atom. The quantitative estimate of drug-likeness (QED) is 0.234. The summed E-state index contributed by atoms with van der Waals surface area (Å²) in [5.41, 5.74) is 2.29. The van der Waals surface area contributed by atoms with Crippen molar-refractivity contribution in [1.82, 2.24) is 15.0 Å². The number of benzene rings is 3. The third-order valence-corrected chi connectivity index (χ3v) is 11.9. The molecular formula is C32H34FN5O4Si. The lowest BCUT2D eigenvalue weighted by Crippen LogP contribution is -2.44. The first-order valence-electron chi connectivity index (χ1n) is 14.7. The Kier molecular flexibility index (Phi) is 6.35. The standard InChI is InChI=1S/C32H34FN5O4Si/c1-19-29(43(3,4)33)27(13-15-37-18-21(14-16-39)34-35-37)42-32(19)24-17-22(11-12-25(24)36(2)31(32)41)38-26-10-6-8-20-7-5-9-23(28(20)26)30(38)40/h5-12,17-19,27,29,39H,13-16H2,1-4H3/t19-,27+,29-,32+/m1/s1. The molecule has 3 aliphatic rings. The lowest BCUT2D eigenvalue weighted by atomic mass is 9.82. The summed E-state index contributed by atoms with van der Waals surface area (Å²) in [5, 5.41) is 19.4. The molecule has 9 nitrogen and oxygen atoms in total. The Hall–Kier alpha value is -3.93. The maximum absolute atomic E-state index is 16.1. The fourth-order valence-electron chi connectivity index (χ4n) is 7.66. The first-order valence-corrected chi connectivity index (χ1v) is 17.7. The smallest absolute Gasteiger partial charge is 0.264 e. The molecule has 4 atom stereocenters. The van der Waals surface area contributed by atoms with Crippen LogP contribution in [0.2, 0.25) is 18.6 Å². The number of ether oxygens (including phenoxy) is 1. The molecular weight excluding hydrogens is 565 g/mol. The molecule has 1 aromatic heterocycles. The summed E-state index contributed by atoms with van der Waals surface area (Å²) < 4.78 is 24.6. The van der Waals surface area contributed by atoms with E-state index in [2.05, 4.69) is 10.3 Å². The van der Waals surface area contributed by atoms with Crippen LogP contribution in [-0.4, -0.2) is 60.1 Å². The zero-order valence-corrected chi connectivity index (χ0v) is 25.6. The zero-order chi connectivity index (χ0) is 30.3. The van der Waals surface area contributed by atoms with Crippen molar-refractivity contribution in [3.8, 4) is 0 Å². The van der Waals surface area contributed by atoms with Crippen molar-refractivity contribution >= 4 is 48.1 Å².